The van der Waals surface area contributed by atoms with Crippen molar-refractivity contribution in [2.24, 2.45) is 0 Å². The van der Waals surface area contributed by atoms with Gasteiger partial charge in [-0.25, -0.2) is 0 Å². The van der Waals surface area contributed by atoms with Gasteiger partial charge in [-0.15, -0.1) is 0 Å². The van der Waals surface area contributed by atoms with Gasteiger partial charge in [0.25, 0.3) is 0 Å². The van der Waals surface area contributed by atoms with Gasteiger partial charge in [0.05, 0.1) is 0 Å². The lowest BCUT2D eigenvalue weighted by Crippen LogP contribution is -2.04. The number of benzene rings is 3. The van der Waals surface area contributed by atoms with Crippen molar-refractivity contribution in [1.29, 1.82) is 0 Å². The molecular formula is C21H16BrNO2. The van der Waals surface area contributed by atoms with Crippen LogP contribution in [-0.4, -0.2) is 11.0 Å². The van der Waals surface area contributed by atoms with Crippen LogP contribution in [0.4, 0.5) is 0 Å². The minimum Gasteiger partial charge on any atom is -0.426 e. The molecule has 4 rings (SSSR count). The van der Waals surface area contributed by atoms with Crippen molar-refractivity contribution >= 4 is 43.6 Å². The van der Waals surface area contributed by atoms with Crippen LogP contribution in [0.15, 0.2) is 65.3 Å². The summed E-state index contributed by atoms with van der Waals surface area (Å²) in [6, 6.07) is 18.2. The van der Waals surface area contributed by atoms with E-state index in [1.807, 2.05) is 36.5 Å². The lowest BCUT2D eigenvalue weighted by Gasteiger charge is -2.12. The van der Waals surface area contributed by atoms with E-state index in [2.05, 4.69) is 45.2 Å². The first kappa shape index (κ1) is 15.9. The maximum absolute atomic E-state index is 11.5. The molecule has 0 atom stereocenters. The molecule has 0 aliphatic rings. The second-order valence-corrected chi connectivity index (χ2v) is 6.95. The molecule has 4 aromatic rings. The molecular weight excluding hydrogens is 378 g/mol. The molecule has 1 heterocycles. The summed E-state index contributed by atoms with van der Waals surface area (Å²) in [4.78, 5) is 14.8. The molecule has 0 radical (unpaired) electrons. The Balaban J connectivity index is 1.89. The van der Waals surface area contributed by atoms with Crippen LogP contribution in [0.1, 0.15) is 18.1 Å². The van der Waals surface area contributed by atoms with Crippen molar-refractivity contribution in [3.8, 4) is 5.75 Å². The minimum absolute atomic E-state index is 0.307. The molecule has 1 aromatic heterocycles. The van der Waals surface area contributed by atoms with E-state index in [0.29, 0.717) is 12.2 Å². The fourth-order valence-corrected chi connectivity index (χ4v) is 3.60. The number of carbonyl (C=O) groups excluding carboxylic acids is 1. The first-order valence-electron chi connectivity index (χ1n) is 8.06. The van der Waals surface area contributed by atoms with E-state index in [0.717, 1.165) is 31.7 Å². The molecule has 0 spiro atoms. The maximum atomic E-state index is 11.5. The van der Waals surface area contributed by atoms with Gasteiger partial charge in [-0.2, -0.15) is 0 Å². The fourth-order valence-electron chi connectivity index (χ4n) is 3.24. The normalized spacial score (nSPS) is 11.1. The number of H-pyrrole nitrogens is 1. The quantitative estimate of drug-likeness (QED) is 0.363. The summed E-state index contributed by atoms with van der Waals surface area (Å²) < 4.78 is 6.52. The number of halogens is 1. The van der Waals surface area contributed by atoms with E-state index in [1.165, 1.54) is 12.5 Å². The topological polar surface area (TPSA) is 42.1 Å². The highest BCUT2D eigenvalue weighted by molar-refractivity contribution is 9.10. The Morgan fingerprint density at radius 3 is 2.76 bits per heavy atom. The third-order valence-electron chi connectivity index (χ3n) is 4.35. The van der Waals surface area contributed by atoms with Crippen molar-refractivity contribution in [2.75, 3.05) is 0 Å². The molecule has 3 nitrogen and oxygen atoms in total. The zero-order valence-corrected chi connectivity index (χ0v) is 15.3. The fraction of sp³-hybridized carbons (Fsp3) is 0.0952. The van der Waals surface area contributed by atoms with Gasteiger partial charge in [-0.3, -0.25) is 4.79 Å². The predicted molar refractivity (Wildman–Crippen MR) is 104 cm³/mol. The number of ether oxygens (including phenoxy) is 1. The van der Waals surface area contributed by atoms with Gasteiger partial charge in [0, 0.05) is 40.5 Å². The van der Waals surface area contributed by atoms with Crippen molar-refractivity contribution in [3.63, 3.8) is 0 Å². The number of hydrogen-bond donors (Lipinski definition) is 1. The predicted octanol–water partition coefficient (Wildman–Crippen LogP) is 5.60. The number of aromatic amines is 1. The molecule has 0 saturated heterocycles. The zero-order valence-electron chi connectivity index (χ0n) is 13.7. The van der Waals surface area contributed by atoms with E-state index < -0.39 is 0 Å². The smallest absolute Gasteiger partial charge is 0.308 e. The Kier molecular flexibility index (Phi) is 4.06. The first-order chi connectivity index (χ1) is 12.1. The number of rotatable bonds is 3. The summed E-state index contributed by atoms with van der Waals surface area (Å²) in [6.45, 7) is 1.43. The van der Waals surface area contributed by atoms with Gasteiger partial charge < -0.3 is 9.72 Å². The Hall–Kier alpha value is -2.59. The number of esters is 1. The van der Waals surface area contributed by atoms with Gasteiger partial charge in [0.1, 0.15) is 5.75 Å². The molecule has 0 saturated carbocycles. The second kappa shape index (κ2) is 6.37. The van der Waals surface area contributed by atoms with E-state index in [4.69, 9.17) is 4.74 Å². The first-order valence-corrected chi connectivity index (χ1v) is 8.85. The van der Waals surface area contributed by atoms with E-state index in [1.54, 1.807) is 0 Å². The van der Waals surface area contributed by atoms with Crippen LogP contribution in [0, 0.1) is 0 Å². The highest BCUT2D eigenvalue weighted by Crippen LogP contribution is 2.33. The molecule has 4 heteroatoms. The van der Waals surface area contributed by atoms with Gasteiger partial charge in [-0.05, 0) is 40.6 Å². The Bertz CT molecular complexity index is 1100. The maximum Gasteiger partial charge on any atom is 0.308 e. The summed E-state index contributed by atoms with van der Waals surface area (Å²) >= 11 is 3.54. The molecule has 3 aromatic carbocycles. The third kappa shape index (κ3) is 3.05. The van der Waals surface area contributed by atoms with E-state index >= 15 is 0 Å². The Morgan fingerprint density at radius 1 is 1.08 bits per heavy atom. The van der Waals surface area contributed by atoms with Crippen molar-refractivity contribution in [2.45, 2.75) is 13.3 Å². The molecule has 0 unspecified atom stereocenters. The van der Waals surface area contributed by atoms with E-state index in [-0.39, 0.29) is 5.97 Å². The number of fused-ring (bicyclic) bond motifs is 2. The SMILES string of the molecule is CC(=O)Oc1ccc2ccccc2c1Cc1c[nH]c2ccc(Br)cc12. The van der Waals surface area contributed by atoms with Gasteiger partial charge in [0.15, 0.2) is 0 Å². The van der Waals surface area contributed by atoms with Crippen molar-refractivity contribution < 1.29 is 9.53 Å². The molecule has 0 fully saturated rings. The highest BCUT2D eigenvalue weighted by Gasteiger charge is 2.14. The van der Waals surface area contributed by atoms with Crippen LogP contribution in [0.2, 0.25) is 0 Å². The van der Waals surface area contributed by atoms with Crippen molar-refractivity contribution in [3.05, 3.63) is 76.4 Å². The molecule has 0 bridgehead atoms. The number of aromatic nitrogens is 1. The molecule has 0 aliphatic carbocycles. The Morgan fingerprint density at radius 2 is 1.92 bits per heavy atom. The molecule has 1 N–H and O–H groups in total. The summed E-state index contributed by atoms with van der Waals surface area (Å²) in [5, 5.41) is 3.40. The largest absolute Gasteiger partial charge is 0.426 e. The molecule has 0 amide bonds. The number of nitrogens with one attached hydrogen (secondary N) is 1. The van der Waals surface area contributed by atoms with Gasteiger partial charge in [0.2, 0.25) is 0 Å². The van der Waals surface area contributed by atoms with Crippen LogP contribution < -0.4 is 4.74 Å². The zero-order chi connectivity index (χ0) is 17.4. The lowest BCUT2D eigenvalue weighted by atomic mass is 9.97. The van der Waals surface area contributed by atoms with E-state index in [9.17, 15) is 4.79 Å². The van der Waals surface area contributed by atoms with Gasteiger partial charge >= 0.3 is 5.97 Å². The summed E-state index contributed by atoms with van der Waals surface area (Å²) in [5.41, 5.74) is 3.28. The number of carbonyl (C=O) groups is 1. The molecule has 124 valence electrons. The highest BCUT2D eigenvalue weighted by atomic mass is 79.9. The second-order valence-electron chi connectivity index (χ2n) is 6.04. The van der Waals surface area contributed by atoms with Crippen LogP contribution >= 0.6 is 15.9 Å². The van der Waals surface area contributed by atoms with Crippen LogP contribution in [-0.2, 0) is 11.2 Å². The average Bonchev–Trinajstić information content (AvgIpc) is 2.98. The van der Waals surface area contributed by atoms with Crippen LogP contribution in [0.25, 0.3) is 21.7 Å². The average molecular weight is 394 g/mol. The van der Waals surface area contributed by atoms with Crippen LogP contribution in [0.3, 0.4) is 0 Å². The Labute approximate surface area is 153 Å². The van der Waals surface area contributed by atoms with Crippen molar-refractivity contribution in [1.82, 2.24) is 4.98 Å². The summed E-state index contributed by atoms with van der Waals surface area (Å²) in [5.74, 6) is 0.314. The number of hydrogen-bond acceptors (Lipinski definition) is 2. The third-order valence-corrected chi connectivity index (χ3v) is 4.84. The van der Waals surface area contributed by atoms with Gasteiger partial charge in [-0.1, -0.05) is 46.3 Å². The van der Waals surface area contributed by atoms with Crippen LogP contribution in [0.5, 0.6) is 5.75 Å². The standard InChI is InChI=1S/C21H16BrNO2/c1-13(24)25-21-9-6-14-4-2-3-5-17(14)19(21)10-15-12-23-20-8-7-16(22)11-18(15)20/h2-9,11-12,23H,10H2,1H3. The summed E-state index contributed by atoms with van der Waals surface area (Å²) in [6.07, 6.45) is 2.71. The monoisotopic (exact) mass is 393 g/mol. The molecule has 0 aliphatic heterocycles. The summed E-state index contributed by atoms with van der Waals surface area (Å²) in [7, 11) is 0. The molecule has 25 heavy (non-hydrogen) atoms. The minimum atomic E-state index is -0.307. The lowest BCUT2D eigenvalue weighted by molar-refractivity contribution is -0.131.